The maximum atomic E-state index is 12.3. The Morgan fingerprint density at radius 3 is 2.19 bits per heavy atom. The van der Waals surface area contributed by atoms with E-state index in [1.165, 1.54) is 12.1 Å². The van der Waals surface area contributed by atoms with E-state index >= 15 is 0 Å². The SMILES string of the molecule is CCC(C#N)Cc1ccc(C(F)(F)F)cc1. The molecule has 0 spiro atoms. The summed E-state index contributed by atoms with van der Waals surface area (Å²) in [5, 5.41) is 8.74. The third kappa shape index (κ3) is 3.27. The van der Waals surface area contributed by atoms with Crippen molar-refractivity contribution < 1.29 is 13.2 Å². The lowest BCUT2D eigenvalue weighted by molar-refractivity contribution is -0.137. The molecule has 0 aliphatic rings. The summed E-state index contributed by atoms with van der Waals surface area (Å²) >= 11 is 0. The van der Waals surface area contributed by atoms with Crippen LogP contribution in [0.15, 0.2) is 24.3 Å². The van der Waals surface area contributed by atoms with Crippen molar-refractivity contribution in [3.05, 3.63) is 35.4 Å². The van der Waals surface area contributed by atoms with Crippen LogP contribution in [-0.4, -0.2) is 0 Å². The molecule has 0 amide bonds. The topological polar surface area (TPSA) is 23.8 Å². The van der Waals surface area contributed by atoms with Crippen LogP contribution >= 0.6 is 0 Å². The second-order valence-electron chi connectivity index (χ2n) is 3.63. The first-order valence-corrected chi connectivity index (χ1v) is 5.03. The van der Waals surface area contributed by atoms with E-state index in [4.69, 9.17) is 5.26 Å². The van der Waals surface area contributed by atoms with Crippen molar-refractivity contribution in [1.29, 1.82) is 5.26 Å². The van der Waals surface area contributed by atoms with Gasteiger partial charge in [-0.3, -0.25) is 0 Å². The van der Waals surface area contributed by atoms with E-state index in [1.807, 2.05) is 6.92 Å². The molecule has 0 saturated heterocycles. The number of halogens is 3. The van der Waals surface area contributed by atoms with Gasteiger partial charge >= 0.3 is 6.18 Å². The van der Waals surface area contributed by atoms with Crippen LogP contribution in [0.5, 0.6) is 0 Å². The molecule has 0 saturated carbocycles. The molecule has 0 bridgehead atoms. The van der Waals surface area contributed by atoms with E-state index in [0.717, 1.165) is 17.7 Å². The monoisotopic (exact) mass is 227 g/mol. The molecule has 86 valence electrons. The molecule has 1 aromatic rings. The van der Waals surface area contributed by atoms with Crippen molar-refractivity contribution in [2.24, 2.45) is 5.92 Å². The van der Waals surface area contributed by atoms with Crippen LogP contribution in [0.1, 0.15) is 24.5 Å². The van der Waals surface area contributed by atoms with Gasteiger partial charge in [0.15, 0.2) is 0 Å². The Labute approximate surface area is 92.5 Å². The van der Waals surface area contributed by atoms with Crippen molar-refractivity contribution in [1.82, 2.24) is 0 Å². The average molecular weight is 227 g/mol. The molecule has 4 heteroatoms. The summed E-state index contributed by atoms with van der Waals surface area (Å²) in [4.78, 5) is 0. The molecule has 1 nitrogen and oxygen atoms in total. The minimum Gasteiger partial charge on any atom is -0.198 e. The van der Waals surface area contributed by atoms with Crippen LogP contribution in [0.25, 0.3) is 0 Å². The Hall–Kier alpha value is -1.50. The fraction of sp³-hybridized carbons (Fsp3) is 0.417. The summed E-state index contributed by atoms with van der Waals surface area (Å²) in [6.45, 7) is 1.89. The highest BCUT2D eigenvalue weighted by Gasteiger charge is 2.29. The van der Waals surface area contributed by atoms with Gasteiger partial charge in [0.25, 0.3) is 0 Å². The second-order valence-corrected chi connectivity index (χ2v) is 3.63. The van der Waals surface area contributed by atoms with Crippen molar-refractivity contribution >= 4 is 0 Å². The Kier molecular flexibility index (Phi) is 3.94. The summed E-state index contributed by atoms with van der Waals surface area (Å²) in [5.41, 5.74) is 0.114. The van der Waals surface area contributed by atoms with Gasteiger partial charge in [0.2, 0.25) is 0 Å². The van der Waals surface area contributed by atoms with Crippen molar-refractivity contribution in [3.8, 4) is 6.07 Å². The van der Waals surface area contributed by atoms with E-state index in [2.05, 4.69) is 6.07 Å². The van der Waals surface area contributed by atoms with Crippen molar-refractivity contribution in [3.63, 3.8) is 0 Å². The first kappa shape index (κ1) is 12.6. The minimum atomic E-state index is -4.29. The highest BCUT2D eigenvalue weighted by atomic mass is 19.4. The maximum Gasteiger partial charge on any atom is 0.416 e. The molecule has 0 radical (unpaired) electrons. The molecular formula is C12H12F3N. The zero-order chi connectivity index (χ0) is 12.2. The Balaban J connectivity index is 2.77. The lowest BCUT2D eigenvalue weighted by Gasteiger charge is -2.09. The second kappa shape index (κ2) is 5.02. The molecular weight excluding hydrogens is 215 g/mol. The molecule has 16 heavy (non-hydrogen) atoms. The lowest BCUT2D eigenvalue weighted by Crippen LogP contribution is -2.05. The third-order valence-corrected chi connectivity index (χ3v) is 2.44. The van der Waals surface area contributed by atoms with Crippen LogP contribution in [0.3, 0.4) is 0 Å². The van der Waals surface area contributed by atoms with Crippen LogP contribution in [0.2, 0.25) is 0 Å². The standard InChI is InChI=1S/C12H12F3N/c1-2-9(8-16)7-10-3-5-11(6-4-10)12(13,14)15/h3-6,9H,2,7H2,1H3. The quantitative estimate of drug-likeness (QED) is 0.770. The Morgan fingerprint density at radius 2 is 1.81 bits per heavy atom. The van der Waals surface area contributed by atoms with Gasteiger partial charge in [-0.25, -0.2) is 0 Å². The van der Waals surface area contributed by atoms with E-state index in [0.29, 0.717) is 12.8 Å². The molecule has 1 atom stereocenters. The summed E-state index contributed by atoms with van der Waals surface area (Å²) in [6.07, 6.45) is -3.08. The minimum absolute atomic E-state index is 0.128. The van der Waals surface area contributed by atoms with Crippen LogP contribution < -0.4 is 0 Å². The summed E-state index contributed by atoms with van der Waals surface area (Å²) in [6, 6.07) is 7.10. The van der Waals surface area contributed by atoms with Gasteiger partial charge < -0.3 is 0 Å². The van der Waals surface area contributed by atoms with Gasteiger partial charge in [-0.05, 0) is 30.5 Å². The van der Waals surface area contributed by atoms with Crippen LogP contribution in [0.4, 0.5) is 13.2 Å². The van der Waals surface area contributed by atoms with Gasteiger partial charge in [0.1, 0.15) is 0 Å². The fourth-order valence-corrected chi connectivity index (χ4v) is 1.40. The molecule has 0 N–H and O–H groups in total. The molecule has 0 heterocycles. The predicted molar refractivity (Wildman–Crippen MR) is 54.5 cm³/mol. The third-order valence-electron chi connectivity index (χ3n) is 2.44. The number of hydrogen-bond donors (Lipinski definition) is 0. The number of nitrogens with zero attached hydrogens (tertiary/aromatic N) is 1. The van der Waals surface area contributed by atoms with Gasteiger partial charge in [-0.2, -0.15) is 18.4 Å². The smallest absolute Gasteiger partial charge is 0.198 e. The summed E-state index contributed by atoms with van der Waals surface area (Å²) < 4.78 is 36.8. The molecule has 1 rings (SSSR count). The van der Waals surface area contributed by atoms with E-state index < -0.39 is 11.7 Å². The zero-order valence-corrected chi connectivity index (χ0v) is 8.88. The van der Waals surface area contributed by atoms with Gasteiger partial charge in [0.05, 0.1) is 17.6 Å². The first-order chi connectivity index (χ1) is 7.47. The van der Waals surface area contributed by atoms with E-state index in [1.54, 1.807) is 0 Å². The van der Waals surface area contributed by atoms with E-state index in [9.17, 15) is 13.2 Å². The van der Waals surface area contributed by atoms with Gasteiger partial charge in [-0.1, -0.05) is 19.1 Å². The number of nitriles is 1. The predicted octanol–water partition coefficient (Wildman–Crippen LogP) is 3.80. The molecule has 0 fully saturated rings. The van der Waals surface area contributed by atoms with Gasteiger partial charge in [0, 0.05) is 0 Å². The molecule has 0 aliphatic carbocycles. The molecule has 1 aromatic carbocycles. The zero-order valence-electron chi connectivity index (χ0n) is 8.88. The summed E-state index contributed by atoms with van der Waals surface area (Å²) in [7, 11) is 0. The molecule has 0 aliphatic heterocycles. The highest BCUT2D eigenvalue weighted by Crippen LogP contribution is 2.29. The summed E-state index contributed by atoms with van der Waals surface area (Å²) in [5.74, 6) is -0.128. The maximum absolute atomic E-state index is 12.3. The van der Waals surface area contributed by atoms with Crippen LogP contribution in [0, 0.1) is 17.2 Å². The number of hydrogen-bond acceptors (Lipinski definition) is 1. The first-order valence-electron chi connectivity index (χ1n) is 5.03. The number of benzene rings is 1. The van der Waals surface area contributed by atoms with E-state index in [-0.39, 0.29) is 5.92 Å². The van der Waals surface area contributed by atoms with Gasteiger partial charge in [-0.15, -0.1) is 0 Å². The Morgan fingerprint density at radius 1 is 1.25 bits per heavy atom. The molecule has 1 unspecified atom stereocenters. The van der Waals surface area contributed by atoms with Crippen molar-refractivity contribution in [2.45, 2.75) is 25.9 Å². The van der Waals surface area contributed by atoms with Crippen molar-refractivity contribution in [2.75, 3.05) is 0 Å². The molecule has 0 aromatic heterocycles. The average Bonchev–Trinajstić information content (AvgIpc) is 2.25. The Bertz CT molecular complexity index is 373. The largest absolute Gasteiger partial charge is 0.416 e. The number of rotatable bonds is 3. The lowest BCUT2D eigenvalue weighted by atomic mass is 9.97. The highest BCUT2D eigenvalue weighted by molar-refractivity contribution is 5.25. The fourth-order valence-electron chi connectivity index (χ4n) is 1.40. The normalized spacial score (nSPS) is 13.2. The van der Waals surface area contributed by atoms with Crippen LogP contribution in [-0.2, 0) is 12.6 Å². The number of alkyl halides is 3.